The first-order valence-corrected chi connectivity index (χ1v) is 11.2. The van der Waals surface area contributed by atoms with Crippen LogP contribution in [0.4, 0.5) is 0 Å². The summed E-state index contributed by atoms with van der Waals surface area (Å²) in [4.78, 5) is 21.1. The Morgan fingerprint density at radius 2 is 1.80 bits per heavy atom. The maximum atomic E-state index is 12.5. The quantitative estimate of drug-likeness (QED) is 0.393. The van der Waals surface area contributed by atoms with Gasteiger partial charge < -0.3 is 4.98 Å². The number of nitrogens with zero attached hydrogens (tertiary/aromatic N) is 4. The molecule has 0 amide bonds. The Bertz CT molecular complexity index is 1360. The van der Waals surface area contributed by atoms with Crippen LogP contribution in [0.15, 0.2) is 82.1 Å². The van der Waals surface area contributed by atoms with E-state index in [4.69, 9.17) is 0 Å². The average Bonchev–Trinajstić information content (AvgIpc) is 3.44. The molecule has 30 heavy (non-hydrogen) atoms. The molecule has 0 fully saturated rings. The molecule has 3 aromatic heterocycles. The molecule has 148 valence electrons. The predicted molar refractivity (Wildman–Crippen MR) is 121 cm³/mol. The molecule has 0 aliphatic rings. The van der Waals surface area contributed by atoms with Crippen molar-refractivity contribution >= 4 is 34.0 Å². The summed E-state index contributed by atoms with van der Waals surface area (Å²) >= 11 is 3.14. The van der Waals surface area contributed by atoms with Crippen molar-refractivity contribution in [2.45, 2.75) is 17.3 Å². The molecule has 3 heterocycles. The summed E-state index contributed by atoms with van der Waals surface area (Å²) in [6.07, 6.45) is 0. The van der Waals surface area contributed by atoms with E-state index in [9.17, 15) is 4.79 Å². The minimum absolute atomic E-state index is 0.120. The zero-order valence-electron chi connectivity index (χ0n) is 16.0. The number of hydrogen-bond donors (Lipinski definition) is 1. The van der Waals surface area contributed by atoms with Gasteiger partial charge in [0.15, 0.2) is 11.0 Å². The Hall–Kier alpha value is -3.23. The number of benzene rings is 2. The second kappa shape index (κ2) is 7.89. The smallest absolute Gasteiger partial charge is 0.258 e. The number of thioether (sulfide) groups is 1. The summed E-state index contributed by atoms with van der Waals surface area (Å²) in [6, 6.07) is 21.4. The molecule has 0 radical (unpaired) electrons. The topological polar surface area (TPSA) is 76.5 Å². The number of aromatic amines is 1. The van der Waals surface area contributed by atoms with Crippen LogP contribution in [0.3, 0.4) is 0 Å². The lowest BCUT2D eigenvalue weighted by atomic mass is 10.2. The standard InChI is InChI=1S/C22H17N5OS2/c1-14(19-23-17-11-6-5-10-16(17)21(28)24-19)30-22-26-25-20(18-12-7-13-29-18)27(22)15-8-3-2-4-9-15/h2-14H,1H3,(H,23,24,28). The van der Waals surface area contributed by atoms with E-state index >= 15 is 0 Å². The lowest BCUT2D eigenvalue weighted by Gasteiger charge is -2.13. The molecule has 5 rings (SSSR count). The molecule has 6 nitrogen and oxygen atoms in total. The van der Waals surface area contributed by atoms with Crippen LogP contribution in [0.1, 0.15) is 18.0 Å². The molecule has 8 heteroatoms. The van der Waals surface area contributed by atoms with Crippen molar-refractivity contribution in [3.63, 3.8) is 0 Å². The van der Waals surface area contributed by atoms with Gasteiger partial charge in [-0.25, -0.2) is 4.98 Å². The zero-order valence-corrected chi connectivity index (χ0v) is 17.7. The highest BCUT2D eigenvalue weighted by Crippen LogP contribution is 2.36. The Morgan fingerprint density at radius 3 is 2.60 bits per heavy atom. The SMILES string of the molecule is CC(Sc1nnc(-c2cccs2)n1-c1ccccc1)c1nc2ccccc2c(=O)[nH]1. The zero-order chi connectivity index (χ0) is 20.5. The molecule has 1 N–H and O–H groups in total. The Labute approximate surface area is 180 Å². The van der Waals surface area contributed by atoms with Crippen LogP contribution in [-0.4, -0.2) is 24.7 Å². The number of hydrogen-bond acceptors (Lipinski definition) is 6. The minimum atomic E-state index is -0.133. The molecular formula is C22H17N5OS2. The highest BCUT2D eigenvalue weighted by atomic mass is 32.2. The van der Waals surface area contributed by atoms with Crippen molar-refractivity contribution in [1.29, 1.82) is 0 Å². The molecule has 0 aliphatic heterocycles. The summed E-state index contributed by atoms with van der Waals surface area (Å²) in [5.74, 6) is 1.41. The van der Waals surface area contributed by atoms with Crippen LogP contribution in [0.2, 0.25) is 0 Å². The third kappa shape index (κ3) is 3.44. The highest BCUT2D eigenvalue weighted by Gasteiger charge is 2.21. The molecule has 0 saturated carbocycles. The number of nitrogens with one attached hydrogen (secondary N) is 1. The van der Waals surface area contributed by atoms with Gasteiger partial charge in [-0.1, -0.05) is 48.2 Å². The Morgan fingerprint density at radius 1 is 1.00 bits per heavy atom. The molecule has 0 saturated heterocycles. The van der Waals surface area contributed by atoms with Crippen molar-refractivity contribution in [3.8, 4) is 16.4 Å². The summed E-state index contributed by atoms with van der Waals surface area (Å²) < 4.78 is 2.05. The fourth-order valence-electron chi connectivity index (χ4n) is 3.23. The van der Waals surface area contributed by atoms with E-state index in [1.165, 1.54) is 11.8 Å². The fourth-order valence-corrected chi connectivity index (χ4v) is 4.86. The second-order valence-corrected chi connectivity index (χ2v) is 8.94. The van der Waals surface area contributed by atoms with E-state index in [1.807, 2.05) is 77.5 Å². The second-order valence-electron chi connectivity index (χ2n) is 6.68. The minimum Gasteiger partial charge on any atom is -0.309 e. The maximum Gasteiger partial charge on any atom is 0.258 e. The van der Waals surface area contributed by atoms with Crippen LogP contribution in [0.25, 0.3) is 27.3 Å². The first-order chi connectivity index (χ1) is 14.7. The first kappa shape index (κ1) is 18.8. The van der Waals surface area contributed by atoms with E-state index in [1.54, 1.807) is 17.4 Å². The normalized spacial score (nSPS) is 12.3. The van der Waals surface area contributed by atoms with Crippen molar-refractivity contribution in [2.24, 2.45) is 0 Å². The lowest BCUT2D eigenvalue weighted by Crippen LogP contribution is -2.13. The summed E-state index contributed by atoms with van der Waals surface area (Å²) in [6.45, 7) is 2.01. The number of fused-ring (bicyclic) bond motifs is 1. The molecule has 0 bridgehead atoms. The van der Waals surface area contributed by atoms with Gasteiger partial charge in [0.1, 0.15) is 5.82 Å². The molecule has 2 aromatic carbocycles. The largest absolute Gasteiger partial charge is 0.309 e. The molecule has 0 spiro atoms. The van der Waals surface area contributed by atoms with E-state index in [-0.39, 0.29) is 10.8 Å². The first-order valence-electron chi connectivity index (χ1n) is 9.41. The van der Waals surface area contributed by atoms with E-state index in [2.05, 4.69) is 20.2 Å². The highest BCUT2D eigenvalue weighted by molar-refractivity contribution is 7.99. The summed E-state index contributed by atoms with van der Waals surface area (Å²) in [7, 11) is 0. The van der Waals surface area contributed by atoms with Gasteiger partial charge in [0.25, 0.3) is 5.56 Å². The molecule has 0 aliphatic carbocycles. The third-order valence-corrected chi connectivity index (χ3v) is 6.61. The number of aromatic nitrogens is 5. The van der Waals surface area contributed by atoms with Gasteiger partial charge in [0, 0.05) is 5.69 Å². The van der Waals surface area contributed by atoms with E-state index < -0.39 is 0 Å². The Kier molecular flexibility index (Phi) is 4.94. The van der Waals surface area contributed by atoms with Crippen LogP contribution < -0.4 is 5.56 Å². The monoisotopic (exact) mass is 431 g/mol. The van der Waals surface area contributed by atoms with Gasteiger partial charge in [-0.2, -0.15) is 0 Å². The van der Waals surface area contributed by atoms with Gasteiger partial charge in [0.2, 0.25) is 0 Å². The molecule has 5 aromatic rings. The van der Waals surface area contributed by atoms with Crippen LogP contribution in [0.5, 0.6) is 0 Å². The summed E-state index contributed by atoms with van der Waals surface area (Å²) in [5, 5.41) is 12.2. The third-order valence-electron chi connectivity index (χ3n) is 4.69. The van der Waals surface area contributed by atoms with E-state index in [0.717, 1.165) is 21.5 Å². The number of H-pyrrole nitrogens is 1. The number of thiophene rings is 1. The average molecular weight is 432 g/mol. The van der Waals surface area contributed by atoms with Crippen molar-refractivity contribution in [1.82, 2.24) is 24.7 Å². The molecule has 1 atom stereocenters. The number of rotatable bonds is 5. The van der Waals surface area contributed by atoms with Crippen molar-refractivity contribution in [3.05, 3.63) is 88.3 Å². The van der Waals surface area contributed by atoms with Gasteiger partial charge >= 0.3 is 0 Å². The maximum absolute atomic E-state index is 12.5. The molecule has 1 unspecified atom stereocenters. The van der Waals surface area contributed by atoms with Crippen LogP contribution >= 0.6 is 23.1 Å². The molecular weight excluding hydrogens is 414 g/mol. The van der Waals surface area contributed by atoms with Crippen LogP contribution in [-0.2, 0) is 0 Å². The fraction of sp³-hybridized carbons (Fsp3) is 0.0909. The van der Waals surface area contributed by atoms with Crippen molar-refractivity contribution in [2.75, 3.05) is 0 Å². The van der Waals surface area contributed by atoms with Gasteiger partial charge in [-0.05, 0) is 42.6 Å². The van der Waals surface area contributed by atoms with Gasteiger partial charge in [-0.3, -0.25) is 9.36 Å². The Balaban J connectivity index is 1.56. The lowest BCUT2D eigenvalue weighted by molar-refractivity contribution is 0.863. The summed E-state index contributed by atoms with van der Waals surface area (Å²) in [5.41, 5.74) is 1.54. The van der Waals surface area contributed by atoms with E-state index in [0.29, 0.717) is 16.7 Å². The number of para-hydroxylation sites is 2. The van der Waals surface area contributed by atoms with Crippen LogP contribution in [0, 0.1) is 0 Å². The predicted octanol–water partition coefficient (Wildman–Crippen LogP) is 5.09. The van der Waals surface area contributed by atoms with Gasteiger partial charge in [0.05, 0.1) is 21.0 Å². The van der Waals surface area contributed by atoms with Gasteiger partial charge in [-0.15, -0.1) is 21.5 Å². The van der Waals surface area contributed by atoms with Crippen molar-refractivity contribution < 1.29 is 0 Å².